The molecule has 23 heavy (non-hydrogen) atoms. The summed E-state index contributed by atoms with van der Waals surface area (Å²) >= 11 is 0. The van der Waals surface area contributed by atoms with Gasteiger partial charge >= 0.3 is 12.1 Å². The number of hydrogen-bond acceptors (Lipinski definition) is 4. The van der Waals surface area contributed by atoms with Crippen molar-refractivity contribution in [3.05, 3.63) is 35.9 Å². The minimum absolute atomic E-state index is 0.0471. The second-order valence-electron chi connectivity index (χ2n) is 5.86. The number of carbonyl (C=O) groups excluding carboxylic acids is 1. The monoisotopic (exact) mass is 320 g/mol. The maximum atomic E-state index is 12.1. The van der Waals surface area contributed by atoms with Crippen LogP contribution in [0, 0.1) is 5.92 Å². The topological polar surface area (TPSA) is 70.1 Å². The van der Waals surface area contributed by atoms with E-state index >= 15 is 0 Å². The molecule has 1 N–H and O–H groups in total. The van der Waals surface area contributed by atoms with Gasteiger partial charge in [0, 0.05) is 19.6 Å². The Labute approximate surface area is 136 Å². The zero-order valence-electron chi connectivity index (χ0n) is 13.5. The Bertz CT molecular complexity index is 521. The molecule has 1 unspecified atom stereocenters. The third-order valence-electron chi connectivity index (χ3n) is 4.07. The van der Waals surface area contributed by atoms with E-state index in [1.807, 2.05) is 42.2 Å². The Hall–Kier alpha value is -2.08. The molecule has 1 atom stereocenters. The Morgan fingerprint density at radius 2 is 2.09 bits per heavy atom. The van der Waals surface area contributed by atoms with Gasteiger partial charge in [-0.05, 0) is 24.4 Å². The summed E-state index contributed by atoms with van der Waals surface area (Å²) in [5.41, 5.74) is 0.968. The number of rotatable bonds is 7. The summed E-state index contributed by atoms with van der Waals surface area (Å²) in [7, 11) is 0. The lowest BCUT2D eigenvalue weighted by Crippen LogP contribution is -2.36. The maximum Gasteiger partial charge on any atom is 0.410 e. The summed E-state index contributed by atoms with van der Waals surface area (Å²) in [6.45, 7) is 4.97. The Morgan fingerprint density at radius 3 is 2.74 bits per heavy atom. The van der Waals surface area contributed by atoms with Crippen molar-refractivity contribution in [2.24, 2.45) is 5.92 Å². The van der Waals surface area contributed by atoms with Crippen LogP contribution in [-0.2, 0) is 16.1 Å². The minimum Gasteiger partial charge on any atom is -0.480 e. The van der Waals surface area contributed by atoms with E-state index in [2.05, 4.69) is 0 Å². The largest absolute Gasteiger partial charge is 0.480 e. The van der Waals surface area contributed by atoms with E-state index in [-0.39, 0.29) is 19.2 Å². The number of carboxylic acids is 1. The lowest BCUT2D eigenvalue weighted by Gasteiger charge is -2.22. The third-order valence-corrected chi connectivity index (χ3v) is 4.07. The molecule has 1 aliphatic heterocycles. The van der Waals surface area contributed by atoms with Crippen LogP contribution in [0.4, 0.5) is 4.79 Å². The molecule has 0 aliphatic carbocycles. The molecule has 1 amide bonds. The van der Waals surface area contributed by atoms with Crippen LogP contribution >= 0.6 is 0 Å². The second-order valence-corrected chi connectivity index (χ2v) is 5.86. The highest BCUT2D eigenvalue weighted by Crippen LogP contribution is 2.18. The summed E-state index contributed by atoms with van der Waals surface area (Å²) in [6.07, 6.45) is 0.592. The van der Waals surface area contributed by atoms with Gasteiger partial charge in [0.15, 0.2) is 0 Å². The molecule has 0 spiro atoms. The minimum atomic E-state index is -0.816. The van der Waals surface area contributed by atoms with E-state index in [4.69, 9.17) is 9.84 Å². The smallest absolute Gasteiger partial charge is 0.410 e. The predicted octanol–water partition coefficient (Wildman–Crippen LogP) is 2.05. The first-order valence-corrected chi connectivity index (χ1v) is 7.98. The van der Waals surface area contributed by atoms with E-state index in [0.717, 1.165) is 12.0 Å². The van der Waals surface area contributed by atoms with Crippen LogP contribution in [-0.4, -0.2) is 59.7 Å². The first kappa shape index (κ1) is 17.3. The molecule has 6 nitrogen and oxygen atoms in total. The summed E-state index contributed by atoms with van der Waals surface area (Å²) in [4.78, 5) is 26.5. The molecule has 0 radical (unpaired) electrons. The molecule has 0 saturated carbocycles. The maximum absolute atomic E-state index is 12.1. The molecule has 1 aromatic carbocycles. The van der Waals surface area contributed by atoms with E-state index in [0.29, 0.717) is 32.1 Å². The zero-order valence-corrected chi connectivity index (χ0v) is 13.5. The number of hydrogen-bond donors (Lipinski definition) is 1. The van der Waals surface area contributed by atoms with Crippen molar-refractivity contribution in [3.8, 4) is 0 Å². The van der Waals surface area contributed by atoms with Crippen LogP contribution < -0.4 is 0 Å². The van der Waals surface area contributed by atoms with E-state index in [1.54, 1.807) is 4.90 Å². The summed E-state index contributed by atoms with van der Waals surface area (Å²) < 4.78 is 5.34. The van der Waals surface area contributed by atoms with Gasteiger partial charge < -0.3 is 14.7 Å². The fourth-order valence-electron chi connectivity index (χ4n) is 2.82. The van der Waals surface area contributed by atoms with Gasteiger partial charge in [-0.15, -0.1) is 0 Å². The lowest BCUT2D eigenvalue weighted by atomic mass is 10.1. The van der Waals surface area contributed by atoms with Gasteiger partial charge in [-0.2, -0.15) is 0 Å². The number of aliphatic carboxylic acids is 1. The number of carbonyl (C=O) groups is 2. The predicted molar refractivity (Wildman–Crippen MR) is 86.1 cm³/mol. The molecule has 1 saturated heterocycles. The zero-order chi connectivity index (χ0) is 16.7. The highest BCUT2D eigenvalue weighted by atomic mass is 16.6. The molecular weight excluding hydrogens is 296 g/mol. The molecule has 1 heterocycles. The Balaban J connectivity index is 1.75. The average molecular weight is 320 g/mol. The molecule has 0 aromatic heterocycles. The quantitative estimate of drug-likeness (QED) is 0.832. The van der Waals surface area contributed by atoms with Crippen molar-refractivity contribution in [1.82, 2.24) is 9.80 Å². The summed E-state index contributed by atoms with van der Waals surface area (Å²) in [5.74, 6) is -0.512. The number of ether oxygens (including phenoxy) is 1. The van der Waals surface area contributed by atoms with Crippen molar-refractivity contribution in [3.63, 3.8) is 0 Å². The summed E-state index contributed by atoms with van der Waals surface area (Å²) in [5, 5.41) is 8.88. The molecule has 0 bridgehead atoms. The number of likely N-dealkylation sites (tertiary alicyclic amines) is 1. The van der Waals surface area contributed by atoms with Gasteiger partial charge in [0.25, 0.3) is 0 Å². The van der Waals surface area contributed by atoms with Crippen LogP contribution in [0.5, 0.6) is 0 Å². The number of benzene rings is 1. The van der Waals surface area contributed by atoms with Gasteiger partial charge in [0.05, 0.1) is 6.54 Å². The lowest BCUT2D eigenvalue weighted by molar-refractivity contribution is -0.138. The van der Waals surface area contributed by atoms with E-state index < -0.39 is 5.97 Å². The molecule has 1 fully saturated rings. The molecule has 1 aliphatic rings. The van der Waals surface area contributed by atoms with Crippen LogP contribution in [0.25, 0.3) is 0 Å². The summed E-state index contributed by atoms with van der Waals surface area (Å²) in [6, 6.07) is 9.59. The van der Waals surface area contributed by atoms with Crippen molar-refractivity contribution in [2.75, 3.05) is 32.7 Å². The van der Waals surface area contributed by atoms with Crippen molar-refractivity contribution in [2.45, 2.75) is 20.0 Å². The standard InChI is InChI=1S/C17H24N2O4/c1-2-18(12-16(20)21)10-15-8-9-19(11-15)17(22)23-13-14-6-4-3-5-7-14/h3-7,15H,2,8-13H2,1H3,(H,20,21). The fraction of sp³-hybridized carbons (Fsp3) is 0.529. The molecule has 2 rings (SSSR count). The Morgan fingerprint density at radius 1 is 1.35 bits per heavy atom. The first-order valence-electron chi connectivity index (χ1n) is 7.98. The number of nitrogens with zero attached hydrogens (tertiary/aromatic N) is 2. The number of carboxylic acid groups (broad SMARTS) is 1. The van der Waals surface area contributed by atoms with Gasteiger partial charge in [-0.3, -0.25) is 9.69 Å². The molecule has 6 heteroatoms. The van der Waals surface area contributed by atoms with E-state index in [9.17, 15) is 9.59 Å². The van der Waals surface area contributed by atoms with Crippen LogP contribution in [0.2, 0.25) is 0 Å². The second kappa shape index (κ2) is 8.53. The molecular formula is C17H24N2O4. The van der Waals surface area contributed by atoms with Gasteiger partial charge in [0.1, 0.15) is 6.61 Å². The first-order chi connectivity index (χ1) is 11.1. The highest BCUT2D eigenvalue weighted by Gasteiger charge is 2.28. The van der Waals surface area contributed by atoms with Crippen molar-refractivity contribution >= 4 is 12.1 Å². The molecule has 1 aromatic rings. The normalized spacial score (nSPS) is 17.5. The highest BCUT2D eigenvalue weighted by molar-refractivity contribution is 5.69. The van der Waals surface area contributed by atoms with Crippen LogP contribution in [0.15, 0.2) is 30.3 Å². The number of likely N-dealkylation sites (N-methyl/N-ethyl adjacent to an activating group) is 1. The Kier molecular flexibility index (Phi) is 6.40. The molecule has 126 valence electrons. The van der Waals surface area contributed by atoms with Crippen molar-refractivity contribution in [1.29, 1.82) is 0 Å². The number of amides is 1. The van der Waals surface area contributed by atoms with E-state index in [1.165, 1.54) is 0 Å². The third kappa shape index (κ3) is 5.56. The van der Waals surface area contributed by atoms with Crippen LogP contribution in [0.3, 0.4) is 0 Å². The van der Waals surface area contributed by atoms with Gasteiger partial charge in [-0.25, -0.2) is 4.79 Å². The SMILES string of the molecule is CCN(CC(=O)O)CC1CCN(C(=O)OCc2ccccc2)C1. The van der Waals surface area contributed by atoms with Gasteiger partial charge in [-0.1, -0.05) is 37.3 Å². The van der Waals surface area contributed by atoms with Crippen molar-refractivity contribution < 1.29 is 19.4 Å². The van der Waals surface area contributed by atoms with Crippen LogP contribution in [0.1, 0.15) is 18.9 Å². The fourth-order valence-corrected chi connectivity index (χ4v) is 2.82. The average Bonchev–Trinajstić information content (AvgIpc) is 3.01. The van der Waals surface area contributed by atoms with Gasteiger partial charge in [0.2, 0.25) is 0 Å².